The zero-order valence-corrected chi connectivity index (χ0v) is 15.6. The van der Waals surface area contributed by atoms with Crippen molar-refractivity contribution in [2.45, 2.75) is 0 Å². The van der Waals surface area contributed by atoms with Crippen molar-refractivity contribution in [1.29, 1.82) is 0 Å². The fourth-order valence-electron chi connectivity index (χ4n) is 3.54. The van der Waals surface area contributed by atoms with Gasteiger partial charge in [-0.3, -0.25) is 9.69 Å². The first-order valence-corrected chi connectivity index (χ1v) is 9.54. The number of benzene rings is 2. The first-order chi connectivity index (χ1) is 13.7. The Bertz CT molecular complexity index is 1010. The van der Waals surface area contributed by atoms with Crippen molar-refractivity contribution >= 4 is 22.6 Å². The van der Waals surface area contributed by atoms with E-state index in [1.807, 2.05) is 53.4 Å². The average Bonchev–Trinajstić information content (AvgIpc) is 2.74. The van der Waals surface area contributed by atoms with Crippen molar-refractivity contribution in [3.63, 3.8) is 0 Å². The third kappa shape index (κ3) is 4.07. The topological polar surface area (TPSA) is 65.8 Å². The highest BCUT2D eigenvalue weighted by Gasteiger charge is 2.21. The highest BCUT2D eigenvalue weighted by molar-refractivity contribution is 5.94. The van der Waals surface area contributed by atoms with Gasteiger partial charge in [0.15, 0.2) is 0 Å². The lowest BCUT2D eigenvalue weighted by atomic mass is 10.2. The number of amides is 1. The second kappa shape index (κ2) is 8.27. The molecule has 4 rings (SSSR count). The molecule has 0 spiro atoms. The van der Waals surface area contributed by atoms with Gasteiger partial charge < -0.3 is 14.6 Å². The van der Waals surface area contributed by atoms with Crippen LogP contribution in [0.15, 0.2) is 69.9 Å². The summed E-state index contributed by atoms with van der Waals surface area (Å²) in [7, 11) is 0. The van der Waals surface area contributed by atoms with Gasteiger partial charge in [0.05, 0.1) is 5.69 Å². The molecule has 0 aliphatic carbocycles. The van der Waals surface area contributed by atoms with Gasteiger partial charge in [0, 0.05) is 56.3 Å². The number of anilines is 1. The van der Waals surface area contributed by atoms with Gasteiger partial charge in [-0.15, -0.1) is 0 Å². The van der Waals surface area contributed by atoms with Gasteiger partial charge in [0.2, 0.25) is 0 Å². The Morgan fingerprint density at radius 3 is 2.46 bits per heavy atom. The van der Waals surface area contributed by atoms with Crippen molar-refractivity contribution in [1.82, 2.24) is 9.80 Å². The number of para-hydroxylation sites is 1. The zero-order valence-electron chi connectivity index (χ0n) is 15.6. The zero-order chi connectivity index (χ0) is 19.3. The minimum atomic E-state index is -0.353. The molecule has 0 atom stereocenters. The van der Waals surface area contributed by atoms with E-state index in [0.717, 1.165) is 55.9 Å². The van der Waals surface area contributed by atoms with Crippen LogP contribution < -0.4 is 10.9 Å². The normalized spacial score (nSPS) is 14.9. The number of fused-ring (bicyclic) bond motifs is 1. The molecule has 1 N–H and O–H groups in total. The van der Waals surface area contributed by atoms with Gasteiger partial charge in [-0.05, 0) is 24.3 Å². The summed E-state index contributed by atoms with van der Waals surface area (Å²) in [5.41, 5.74) is 1.77. The van der Waals surface area contributed by atoms with Gasteiger partial charge in [-0.2, -0.15) is 0 Å². The Morgan fingerprint density at radius 2 is 1.68 bits per heavy atom. The van der Waals surface area contributed by atoms with E-state index in [-0.39, 0.29) is 11.5 Å². The Morgan fingerprint density at radius 1 is 0.964 bits per heavy atom. The SMILES string of the molecule is O=C(c1ccccc1)N1CCN(CCNc2cc(=O)oc3ccccc23)CC1. The summed E-state index contributed by atoms with van der Waals surface area (Å²) in [5, 5.41) is 4.26. The minimum Gasteiger partial charge on any atom is -0.423 e. The molecule has 1 aromatic heterocycles. The highest BCUT2D eigenvalue weighted by atomic mass is 16.4. The second-order valence-electron chi connectivity index (χ2n) is 6.90. The van der Waals surface area contributed by atoms with E-state index < -0.39 is 0 Å². The molecular weight excluding hydrogens is 354 g/mol. The molecule has 28 heavy (non-hydrogen) atoms. The number of hydrogen-bond acceptors (Lipinski definition) is 5. The van der Waals surface area contributed by atoms with Crippen LogP contribution >= 0.6 is 0 Å². The Balaban J connectivity index is 1.30. The van der Waals surface area contributed by atoms with Crippen molar-refractivity contribution < 1.29 is 9.21 Å². The molecule has 0 bridgehead atoms. The molecule has 2 heterocycles. The summed E-state index contributed by atoms with van der Waals surface area (Å²) in [4.78, 5) is 28.5. The van der Waals surface area contributed by atoms with Crippen LogP contribution in [-0.4, -0.2) is 55.0 Å². The smallest absolute Gasteiger partial charge is 0.338 e. The molecule has 1 amide bonds. The van der Waals surface area contributed by atoms with Gasteiger partial charge >= 0.3 is 5.63 Å². The fourth-order valence-corrected chi connectivity index (χ4v) is 3.54. The first-order valence-electron chi connectivity index (χ1n) is 9.54. The standard InChI is InChI=1S/C22H23N3O3/c26-21-16-19(18-8-4-5-9-20(18)28-21)23-10-11-24-12-14-25(15-13-24)22(27)17-6-2-1-3-7-17/h1-9,16,23H,10-15H2. The van der Waals surface area contributed by atoms with Crippen LogP contribution in [0.2, 0.25) is 0 Å². The number of hydrogen-bond donors (Lipinski definition) is 1. The largest absolute Gasteiger partial charge is 0.423 e. The van der Waals surface area contributed by atoms with Crippen LogP contribution in [0.4, 0.5) is 5.69 Å². The third-order valence-corrected chi connectivity index (χ3v) is 5.07. The van der Waals surface area contributed by atoms with Crippen LogP contribution in [-0.2, 0) is 0 Å². The van der Waals surface area contributed by atoms with Gasteiger partial charge in [0.1, 0.15) is 5.58 Å². The lowest BCUT2D eigenvalue weighted by Crippen LogP contribution is -2.49. The van der Waals surface area contributed by atoms with E-state index in [2.05, 4.69) is 10.2 Å². The quantitative estimate of drug-likeness (QED) is 0.693. The molecule has 6 heteroatoms. The van der Waals surface area contributed by atoms with E-state index in [9.17, 15) is 9.59 Å². The van der Waals surface area contributed by atoms with Gasteiger partial charge in [-0.25, -0.2) is 4.79 Å². The molecule has 2 aromatic carbocycles. The lowest BCUT2D eigenvalue weighted by Gasteiger charge is -2.34. The monoisotopic (exact) mass is 377 g/mol. The van der Waals surface area contributed by atoms with Crippen LogP contribution in [0.25, 0.3) is 11.0 Å². The Kier molecular flexibility index (Phi) is 5.39. The van der Waals surface area contributed by atoms with Crippen molar-refractivity contribution in [2.75, 3.05) is 44.6 Å². The maximum Gasteiger partial charge on any atom is 0.338 e. The molecule has 6 nitrogen and oxygen atoms in total. The summed E-state index contributed by atoms with van der Waals surface area (Å²) in [5.74, 6) is 0.0980. The highest BCUT2D eigenvalue weighted by Crippen LogP contribution is 2.20. The average molecular weight is 377 g/mol. The fraction of sp³-hybridized carbons (Fsp3) is 0.273. The lowest BCUT2D eigenvalue weighted by molar-refractivity contribution is 0.0642. The number of rotatable bonds is 5. The third-order valence-electron chi connectivity index (χ3n) is 5.07. The van der Waals surface area contributed by atoms with Crippen LogP contribution in [0.3, 0.4) is 0 Å². The molecule has 1 aliphatic heterocycles. The summed E-state index contributed by atoms with van der Waals surface area (Å²) < 4.78 is 5.23. The van der Waals surface area contributed by atoms with Crippen LogP contribution in [0, 0.1) is 0 Å². The van der Waals surface area contributed by atoms with E-state index in [4.69, 9.17) is 4.42 Å². The molecule has 1 fully saturated rings. The predicted octanol–water partition coefficient (Wildman–Crippen LogP) is 2.66. The summed E-state index contributed by atoms with van der Waals surface area (Å²) in [6.07, 6.45) is 0. The van der Waals surface area contributed by atoms with Gasteiger partial charge in [-0.1, -0.05) is 30.3 Å². The summed E-state index contributed by atoms with van der Waals surface area (Å²) >= 11 is 0. The van der Waals surface area contributed by atoms with Gasteiger partial charge in [0.25, 0.3) is 5.91 Å². The van der Waals surface area contributed by atoms with E-state index in [0.29, 0.717) is 5.58 Å². The molecule has 144 valence electrons. The van der Waals surface area contributed by atoms with Crippen molar-refractivity contribution in [3.8, 4) is 0 Å². The molecule has 0 radical (unpaired) electrons. The van der Waals surface area contributed by atoms with Crippen LogP contribution in [0.1, 0.15) is 10.4 Å². The Hall–Kier alpha value is -3.12. The number of carbonyl (C=O) groups is 1. The predicted molar refractivity (Wildman–Crippen MR) is 110 cm³/mol. The molecular formula is C22H23N3O3. The molecule has 1 aliphatic rings. The molecule has 1 saturated heterocycles. The van der Waals surface area contributed by atoms with Crippen LogP contribution in [0.5, 0.6) is 0 Å². The molecule has 0 saturated carbocycles. The molecule has 0 unspecified atom stereocenters. The van der Waals surface area contributed by atoms with E-state index in [1.165, 1.54) is 6.07 Å². The second-order valence-corrected chi connectivity index (χ2v) is 6.90. The van der Waals surface area contributed by atoms with E-state index in [1.54, 1.807) is 6.07 Å². The van der Waals surface area contributed by atoms with E-state index >= 15 is 0 Å². The number of nitrogens with one attached hydrogen (secondary N) is 1. The van der Waals surface area contributed by atoms with Crippen molar-refractivity contribution in [3.05, 3.63) is 76.6 Å². The number of nitrogens with zero attached hydrogens (tertiary/aromatic N) is 2. The summed E-state index contributed by atoms with van der Waals surface area (Å²) in [6, 6.07) is 18.4. The summed E-state index contributed by atoms with van der Waals surface area (Å²) in [6.45, 7) is 4.72. The number of piperazine rings is 1. The maximum absolute atomic E-state index is 12.5. The maximum atomic E-state index is 12.5. The number of carbonyl (C=O) groups excluding carboxylic acids is 1. The molecule has 3 aromatic rings. The minimum absolute atomic E-state index is 0.0980. The van der Waals surface area contributed by atoms with Crippen molar-refractivity contribution in [2.24, 2.45) is 0 Å². The Labute approximate surface area is 163 Å². The first kappa shape index (κ1) is 18.3.